The SMILES string of the molecule is N#Cc1ccc(C2(OCC(=O)N3CC4CCC(C3)N4c3ccc(C#N)cn3)CC2)cc1. The number of pyridine rings is 1. The van der Waals surface area contributed by atoms with Crippen molar-refractivity contribution in [3.8, 4) is 12.1 Å². The summed E-state index contributed by atoms with van der Waals surface area (Å²) in [5, 5.41) is 18.0. The lowest BCUT2D eigenvalue weighted by Crippen LogP contribution is -2.56. The number of rotatable bonds is 5. The highest BCUT2D eigenvalue weighted by Gasteiger charge is 2.47. The van der Waals surface area contributed by atoms with Crippen LogP contribution in [0.15, 0.2) is 42.6 Å². The van der Waals surface area contributed by atoms with Gasteiger partial charge in [-0.15, -0.1) is 0 Å². The minimum absolute atomic E-state index is 0.0317. The number of ether oxygens (including phenoxy) is 1. The van der Waals surface area contributed by atoms with Crippen LogP contribution in [0.25, 0.3) is 0 Å². The zero-order chi connectivity index (χ0) is 21.4. The van der Waals surface area contributed by atoms with E-state index in [0.29, 0.717) is 24.2 Å². The number of carbonyl (C=O) groups excluding carboxylic acids is 1. The van der Waals surface area contributed by atoms with Crippen LogP contribution in [0.5, 0.6) is 0 Å². The summed E-state index contributed by atoms with van der Waals surface area (Å²) in [7, 11) is 0. The number of nitriles is 2. The summed E-state index contributed by atoms with van der Waals surface area (Å²) in [6, 6.07) is 15.9. The molecule has 3 fully saturated rings. The van der Waals surface area contributed by atoms with Gasteiger partial charge in [-0.2, -0.15) is 10.5 Å². The number of hydrogen-bond donors (Lipinski definition) is 0. The lowest BCUT2D eigenvalue weighted by atomic mass is 10.1. The van der Waals surface area contributed by atoms with Gasteiger partial charge in [-0.25, -0.2) is 4.98 Å². The molecule has 2 unspecified atom stereocenters. The van der Waals surface area contributed by atoms with Gasteiger partial charge < -0.3 is 14.5 Å². The minimum Gasteiger partial charge on any atom is -0.360 e. The zero-order valence-corrected chi connectivity index (χ0v) is 17.2. The van der Waals surface area contributed by atoms with Gasteiger partial charge in [-0.05, 0) is 55.5 Å². The molecule has 3 heterocycles. The molecule has 0 N–H and O–H groups in total. The van der Waals surface area contributed by atoms with Crippen molar-refractivity contribution in [2.75, 3.05) is 24.6 Å². The van der Waals surface area contributed by atoms with Crippen molar-refractivity contribution < 1.29 is 9.53 Å². The van der Waals surface area contributed by atoms with Crippen LogP contribution >= 0.6 is 0 Å². The molecule has 5 rings (SSSR count). The average Bonchev–Trinajstić information content (AvgIpc) is 3.57. The van der Waals surface area contributed by atoms with Crippen molar-refractivity contribution in [1.82, 2.24) is 9.88 Å². The number of aromatic nitrogens is 1. The van der Waals surface area contributed by atoms with Crippen LogP contribution in [0.1, 0.15) is 42.4 Å². The predicted molar refractivity (Wildman–Crippen MR) is 113 cm³/mol. The number of carbonyl (C=O) groups is 1. The van der Waals surface area contributed by atoms with E-state index in [9.17, 15) is 4.79 Å². The first kappa shape index (κ1) is 19.5. The van der Waals surface area contributed by atoms with Crippen molar-refractivity contribution in [1.29, 1.82) is 10.5 Å². The fourth-order valence-electron chi connectivity index (χ4n) is 4.86. The maximum atomic E-state index is 12.9. The number of likely N-dealkylation sites (tertiary alicyclic amines) is 1. The van der Waals surface area contributed by atoms with Crippen molar-refractivity contribution in [3.63, 3.8) is 0 Å². The number of nitrogens with zero attached hydrogens (tertiary/aromatic N) is 5. The smallest absolute Gasteiger partial charge is 0.248 e. The Kier molecular flexibility index (Phi) is 4.84. The second-order valence-electron chi connectivity index (χ2n) is 8.58. The van der Waals surface area contributed by atoms with Crippen LogP contribution in [0.4, 0.5) is 5.82 Å². The molecule has 0 radical (unpaired) electrons. The Morgan fingerprint density at radius 1 is 1.03 bits per heavy atom. The van der Waals surface area contributed by atoms with Crippen LogP contribution in [0.3, 0.4) is 0 Å². The minimum atomic E-state index is -0.378. The monoisotopic (exact) mass is 413 g/mol. The normalized spacial score (nSPS) is 23.2. The topological polar surface area (TPSA) is 93.2 Å². The number of piperazine rings is 1. The van der Waals surface area contributed by atoms with Crippen molar-refractivity contribution in [3.05, 3.63) is 59.3 Å². The molecule has 1 aliphatic carbocycles. The fourth-order valence-corrected chi connectivity index (χ4v) is 4.86. The van der Waals surface area contributed by atoms with Gasteiger partial charge in [0.1, 0.15) is 18.5 Å². The zero-order valence-electron chi connectivity index (χ0n) is 17.2. The Morgan fingerprint density at radius 2 is 1.68 bits per heavy atom. The largest absolute Gasteiger partial charge is 0.360 e. The third-order valence-corrected chi connectivity index (χ3v) is 6.69. The van der Waals surface area contributed by atoms with E-state index in [1.807, 2.05) is 23.1 Å². The molecule has 7 nitrogen and oxygen atoms in total. The van der Waals surface area contributed by atoms with Crippen LogP contribution < -0.4 is 4.90 Å². The molecule has 7 heteroatoms. The van der Waals surface area contributed by atoms with Crippen molar-refractivity contribution in [2.24, 2.45) is 0 Å². The van der Waals surface area contributed by atoms with E-state index >= 15 is 0 Å². The van der Waals surface area contributed by atoms with E-state index in [1.54, 1.807) is 24.4 Å². The summed E-state index contributed by atoms with van der Waals surface area (Å²) in [4.78, 5) is 21.6. The molecule has 2 saturated heterocycles. The van der Waals surface area contributed by atoms with Crippen molar-refractivity contribution in [2.45, 2.75) is 43.4 Å². The number of fused-ring (bicyclic) bond motifs is 2. The predicted octanol–water partition coefficient (Wildman–Crippen LogP) is 2.71. The Morgan fingerprint density at radius 3 is 2.23 bits per heavy atom. The second-order valence-corrected chi connectivity index (χ2v) is 8.58. The molecule has 2 aliphatic heterocycles. The fraction of sp³-hybridized carbons (Fsp3) is 0.417. The molecule has 1 aromatic carbocycles. The van der Waals surface area contributed by atoms with E-state index in [1.165, 1.54) is 0 Å². The van der Waals surface area contributed by atoms with E-state index in [-0.39, 0.29) is 30.2 Å². The summed E-state index contributed by atoms with van der Waals surface area (Å²) in [6.07, 6.45) is 5.47. The third kappa shape index (κ3) is 3.62. The van der Waals surface area contributed by atoms with Crippen LogP contribution in [0, 0.1) is 22.7 Å². The van der Waals surface area contributed by atoms with Crippen LogP contribution in [-0.4, -0.2) is 47.6 Å². The molecule has 0 spiro atoms. The van der Waals surface area contributed by atoms with Gasteiger partial charge in [-0.3, -0.25) is 4.79 Å². The first-order chi connectivity index (χ1) is 15.1. The van der Waals surface area contributed by atoms with E-state index in [4.69, 9.17) is 15.3 Å². The lowest BCUT2D eigenvalue weighted by Gasteiger charge is -2.41. The van der Waals surface area contributed by atoms with Gasteiger partial charge in [0.2, 0.25) is 5.91 Å². The van der Waals surface area contributed by atoms with E-state index in [2.05, 4.69) is 22.0 Å². The summed E-state index contributed by atoms with van der Waals surface area (Å²) in [6.45, 7) is 1.42. The Bertz CT molecular complexity index is 1050. The van der Waals surface area contributed by atoms with E-state index in [0.717, 1.165) is 37.1 Å². The molecular weight excluding hydrogens is 390 g/mol. The second kappa shape index (κ2) is 7.68. The lowest BCUT2D eigenvalue weighted by molar-refractivity contribution is -0.140. The van der Waals surface area contributed by atoms with Gasteiger partial charge >= 0.3 is 0 Å². The first-order valence-corrected chi connectivity index (χ1v) is 10.7. The van der Waals surface area contributed by atoms with Crippen molar-refractivity contribution >= 4 is 11.7 Å². The summed E-state index contributed by atoms with van der Waals surface area (Å²) in [5.41, 5.74) is 1.84. The average molecular weight is 413 g/mol. The molecular formula is C24H23N5O2. The van der Waals surface area contributed by atoms with Crippen LogP contribution in [0.2, 0.25) is 0 Å². The highest BCUT2D eigenvalue weighted by atomic mass is 16.5. The van der Waals surface area contributed by atoms with Crippen LogP contribution in [-0.2, 0) is 15.1 Å². The number of anilines is 1. The molecule has 2 bridgehead atoms. The molecule has 1 aromatic heterocycles. The Labute approximate surface area is 181 Å². The molecule has 2 aromatic rings. The highest BCUT2D eigenvalue weighted by Crippen LogP contribution is 2.49. The molecule has 2 atom stereocenters. The van der Waals surface area contributed by atoms with Gasteiger partial charge in [0, 0.05) is 31.4 Å². The van der Waals surface area contributed by atoms with Gasteiger partial charge in [0.15, 0.2) is 0 Å². The van der Waals surface area contributed by atoms with E-state index < -0.39 is 0 Å². The molecule has 1 amide bonds. The molecule has 156 valence electrons. The number of amides is 1. The summed E-state index contributed by atoms with van der Waals surface area (Å²) < 4.78 is 6.11. The molecule has 3 aliphatic rings. The third-order valence-electron chi connectivity index (χ3n) is 6.69. The Balaban J connectivity index is 1.21. The standard InChI is InChI=1S/C24H23N5O2/c25-11-17-1-4-19(5-2-17)24(9-10-24)31-16-23(30)28-14-20-6-7-21(15-28)29(20)22-8-3-18(12-26)13-27-22/h1-5,8,13,20-21H,6-7,9-10,14-16H2. The highest BCUT2D eigenvalue weighted by molar-refractivity contribution is 5.78. The maximum absolute atomic E-state index is 12.9. The Hall–Kier alpha value is -3.42. The molecule has 1 saturated carbocycles. The maximum Gasteiger partial charge on any atom is 0.248 e. The summed E-state index contributed by atoms with van der Waals surface area (Å²) in [5.74, 6) is 0.914. The first-order valence-electron chi connectivity index (χ1n) is 10.7. The van der Waals surface area contributed by atoms with Gasteiger partial charge in [0.25, 0.3) is 0 Å². The summed E-state index contributed by atoms with van der Waals surface area (Å²) >= 11 is 0. The molecule has 31 heavy (non-hydrogen) atoms. The quantitative estimate of drug-likeness (QED) is 0.748. The van der Waals surface area contributed by atoms with Gasteiger partial charge in [0.05, 0.1) is 22.8 Å². The van der Waals surface area contributed by atoms with Gasteiger partial charge in [-0.1, -0.05) is 12.1 Å². The number of hydrogen-bond acceptors (Lipinski definition) is 6. The number of benzene rings is 1.